The molecule has 2 heterocycles. The predicted octanol–water partition coefficient (Wildman–Crippen LogP) is 1.78. The number of carboxylic acids is 1. The summed E-state index contributed by atoms with van der Waals surface area (Å²) in [6.07, 6.45) is 0.843. The Morgan fingerprint density at radius 2 is 1.82 bits per heavy atom. The molecule has 0 radical (unpaired) electrons. The SMILES string of the molecule is CN1CCN(c2nc(N)nc3cc(C(=O)N[C@@H](CCc4ccccc4)C(=O)O)ccc23)CC1. The van der Waals surface area contributed by atoms with E-state index in [0.717, 1.165) is 42.9 Å². The van der Waals surface area contributed by atoms with Gasteiger partial charge in [-0.05, 0) is 43.7 Å². The predicted molar refractivity (Wildman–Crippen MR) is 127 cm³/mol. The summed E-state index contributed by atoms with van der Waals surface area (Å²) in [6, 6.07) is 13.7. The molecule has 0 unspecified atom stereocenters. The summed E-state index contributed by atoms with van der Waals surface area (Å²) < 4.78 is 0. The van der Waals surface area contributed by atoms with Crippen LogP contribution in [0, 0.1) is 0 Å². The molecule has 0 saturated carbocycles. The molecule has 1 aliphatic rings. The number of anilines is 2. The lowest BCUT2D eigenvalue weighted by Gasteiger charge is -2.33. The maximum Gasteiger partial charge on any atom is 0.326 e. The van der Waals surface area contributed by atoms with E-state index in [0.29, 0.717) is 23.9 Å². The molecule has 1 aromatic heterocycles. The second kappa shape index (κ2) is 9.83. The average Bonchev–Trinajstić information content (AvgIpc) is 2.81. The number of carbonyl (C=O) groups is 2. The standard InChI is InChI=1S/C24H28N6O3/c1-29-11-13-30(14-12-29)21-18-9-8-17(15-20(18)27-24(25)28-21)22(31)26-19(23(32)33)10-7-16-5-3-2-4-6-16/h2-6,8-9,15,19H,7,10-14H2,1H3,(H,26,31)(H,32,33)(H2,25,27,28)/t19-/m0/s1. The van der Waals surface area contributed by atoms with Crippen LogP contribution in [0.25, 0.3) is 10.9 Å². The molecule has 2 aromatic carbocycles. The first-order valence-corrected chi connectivity index (χ1v) is 11.0. The van der Waals surface area contributed by atoms with Crippen LogP contribution < -0.4 is 16.0 Å². The first-order valence-electron chi connectivity index (χ1n) is 11.0. The van der Waals surface area contributed by atoms with Crippen molar-refractivity contribution in [3.8, 4) is 0 Å². The van der Waals surface area contributed by atoms with Gasteiger partial charge in [-0.1, -0.05) is 30.3 Å². The lowest BCUT2D eigenvalue weighted by Crippen LogP contribution is -2.45. The fourth-order valence-corrected chi connectivity index (χ4v) is 3.99. The molecule has 1 atom stereocenters. The van der Waals surface area contributed by atoms with Gasteiger partial charge >= 0.3 is 5.97 Å². The highest BCUT2D eigenvalue weighted by atomic mass is 16.4. The number of aryl methyl sites for hydroxylation is 1. The Morgan fingerprint density at radius 1 is 1.09 bits per heavy atom. The van der Waals surface area contributed by atoms with Crippen LogP contribution in [-0.4, -0.2) is 71.1 Å². The van der Waals surface area contributed by atoms with Crippen LogP contribution in [0.1, 0.15) is 22.3 Å². The average molecular weight is 449 g/mol. The van der Waals surface area contributed by atoms with Crippen LogP contribution in [0.4, 0.5) is 11.8 Å². The number of carboxylic acid groups (broad SMARTS) is 1. The zero-order chi connectivity index (χ0) is 23.4. The minimum absolute atomic E-state index is 0.139. The maximum atomic E-state index is 12.9. The van der Waals surface area contributed by atoms with Crippen molar-refractivity contribution in [3.05, 3.63) is 59.7 Å². The second-order valence-corrected chi connectivity index (χ2v) is 8.32. The summed E-state index contributed by atoms with van der Waals surface area (Å²) in [7, 11) is 2.08. The van der Waals surface area contributed by atoms with Crippen molar-refractivity contribution in [2.24, 2.45) is 0 Å². The van der Waals surface area contributed by atoms with E-state index >= 15 is 0 Å². The maximum absolute atomic E-state index is 12.9. The van der Waals surface area contributed by atoms with Crippen LogP contribution in [0.15, 0.2) is 48.5 Å². The number of rotatable bonds is 7. The lowest BCUT2D eigenvalue weighted by molar-refractivity contribution is -0.139. The molecule has 4 N–H and O–H groups in total. The number of aromatic nitrogens is 2. The summed E-state index contributed by atoms with van der Waals surface area (Å²) in [5.74, 6) is -0.635. The third-order valence-electron chi connectivity index (χ3n) is 5.93. The number of carbonyl (C=O) groups excluding carboxylic acids is 1. The van der Waals surface area contributed by atoms with E-state index < -0.39 is 17.9 Å². The number of nitrogen functional groups attached to an aromatic ring is 1. The van der Waals surface area contributed by atoms with Gasteiger partial charge in [0.15, 0.2) is 0 Å². The summed E-state index contributed by atoms with van der Waals surface area (Å²) in [5, 5.41) is 13.0. The molecule has 0 bridgehead atoms. The fourth-order valence-electron chi connectivity index (χ4n) is 3.99. The second-order valence-electron chi connectivity index (χ2n) is 8.32. The number of nitrogens with two attached hydrogens (primary N) is 1. The van der Waals surface area contributed by atoms with Crippen LogP contribution >= 0.6 is 0 Å². The number of fused-ring (bicyclic) bond motifs is 1. The van der Waals surface area contributed by atoms with Gasteiger partial charge in [-0.25, -0.2) is 9.78 Å². The number of piperazine rings is 1. The van der Waals surface area contributed by atoms with Crippen molar-refractivity contribution < 1.29 is 14.7 Å². The molecule has 1 fully saturated rings. The third-order valence-corrected chi connectivity index (χ3v) is 5.93. The molecule has 0 spiro atoms. The highest BCUT2D eigenvalue weighted by molar-refractivity contribution is 6.01. The molecule has 3 aromatic rings. The van der Waals surface area contributed by atoms with E-state index in [-0.39, 0.29) is 5.95 Å². The number of hydrogen-bond donors (Lipinski definition) is 3. The zero-order valence-electron chi connectivity index (χ0n) is 18.6. The Morgan fingerprint density at radius 3 is 2.52 bits per heavy atom. The largest absolute Gasteiger partial charge is 0.480 e. The summed E-state index contributed by atoms with van der Waals surface area (Å²) >= 11 is 0. The van der Waals surface area contributed by atoms with Crippen molar-refractivity contribution in [3.63, 3.8) is 0 Å². The molecule has 1 aliphatic heterocycles. The highest BCUT2D eigenvalue weighted by Crippen LogP contribution is 2.26. The van der Waals surface area contributed by atoms with Gasteiger partial charge in [-0.3, -0.25) is 4.79 Å². The molecule has 33 heavy (non-hydrogen) atoms. The quantitative estimate of drug-likeness (QED) is 0.500. The molecular formula is C24H28N6O3. The van der Waals surface area contributed by atoms with E-state index in [2.05, 4.69) is 32.1 Å². The molecule has 4 rings (SSSR count). The number of benzene rings is 2. The van der Waals surface area contributed by atoms with E-state index in [4.69, 9.17) is 5.73 Å². The molecule has 1 amide bonds. The summed E-state index contributed by atoms with van der Waals surface area (Å²) in [4.78, 5) is 37.8. The number of nitrogens with zero attached hydrogens (tertiary/aromatic N) is 4. The molecule has 172 valence electrons. The first-order chi connectivity index (χ1) is 15.9. The van der Waals surface area contributed by atoms with Gasteiger partial charge in [0.2, 0.25) is 5.95 Å². The number of likely N-dealkylation sites (N-methyl/N-ethyl adjacent to an activating group) is 1. The summed E-state index contributed by atoms with van der Waals surface area (Å²) in [5.41, 5.74) is 7.87. The molecule has 9 heteroatoms. The Kier molecular flexibility index (Phi) is 6.69. The number of amides is 1. The monoisotopic (exact) mass is 448 g/mol. The van der Waals surface area contributed by atoms with Crippen LogP contribution in [0.3, 0.4) is 0 Å². The Bertz CT molecular complexity index is 1150. The van der Waals surface area contributed by atoms with Gasteiger partial charge in [0.1, 0.15) is 11.9 Å². The Balaban J connectivity index is 1.52. The van der Waals surface area contributed by atoms with Crippen LogP contribution in [0.5, 0.6) is 0 Å². The normalized spacial score (nSPS) is 15.4. The number of nitrogens with one attached hydrogen (secondary N) is 1. The van der Waals surface area contributed by atoms with Gasteiger partial charge < -0.3 is 26.0 Å². The molecule has 0 aliphatic carbocycles. The van der Waals surface area contributed by atoms with Crippen molar-refractivity contribution >= 4 is 34.5 Å². The van der Waals surface area contributed by atoms with Gasteiger partial charge in [-0.2, -0.15) is 4.98 Å². The van der Waals surface area contributed by atoms with Crippen LogP contribution in [-0.2, 0) is 11.2 Å². The zero-order valence-corrected chi connectivity index (χ0v) is 18.6. The third kappa shape index (κ3) is 5.38. The summed E-state index contributed by atoms with van der Waals surface area (Å²) in [6.45, 7) is 3.49. The van der Waals surface area contributed by atoms with Crippen molar-refractivity contribution in [2.75, 3.05) is 43.9 Å². The van der Waals surface area contributed by atoms with Gasteiger partial charge in [0.25, 0.3) is 5.91 Å². The minimum atomic E-state index is -1.07. The van der Waals surface area contributed by atoms with E-state index in [1.54, 1.807) is 18.2 Å². The van der Waals surface area contributed by atoms with E-state index in [1.807, 2.05) is 30.3 Å². The van der Waals surface area contributed by atoms with Crippen molar-refractivity contribution in [1.29, 1.82) is 0 Å². The number of aliphatic carboxylic acids is 1. The van der Waals surface area contributed by atoms with Crippen molar-refractivity contribution in [1.82, 2.24) is 20.2 Å². The van der Waals surface area contributed by atoms with E-state index in [9.17, 15) is 14.7 Å². The Hall–Kier alpha value is -3.72. The smallest absolute Gasteiger partial charge is 0.326 e. The van der Waals surface area contributed by atoms with Gasteiger partial charge in [0, 0.05) is 37.1 Å². The number of hydrogen-bond acceptors (Lipinski definition) is 7. The van der Waals surface area contributed by atoms with Gasteiger partial charge in [0.05, 0.1) is 5.52 Å². The Labute approximate surface area is 192 Å². The lowest BCUT2D eigenvalue weighted by atomic mass is 10.0. The fraction of sp³-hybridized carbons (Fsp3) is 0.333. The van der Waals surface area contributed by atoms with Gasteiger partial charge in [-0.15, -0.1) is 0 Å². The highest BCUT2D eigenvalue weighted by Gasteiger charge is 2.22. The van der Waals surface area contributed by atoms with E-state index in [1.165, 1.54) is 0 Å². The molecule has 9 nitrogen and oxygen atoms in total. The topological polar surface area (TPSA) is 125 Å². The molecular weight excluding hydrogens is 420 g/mol. The van der Waals surface area contributed by atoms with Crippen molar-refractivity contribution in [2.45, 2.75) is 18.9 Å². The minimum Gasteiger partial charge on any atom is -0.480 e. The molecule has 1 saturated heterocycles. The first kappa shape index (κ1) is 22.5. The van der Waals surface area contributed by atoms with Crippen LogP contribution in [0.2, 0.25) is 0 Å².